The first-order valence-corrected chi connectivity index (χ1v) is 6.48. The number of hydrogen-bond donors (Lipinski definition) is 0. The van der Waals surface area contributed by atoms with Gasteiger partial charge in [-0.3, -0.25) is 0 Å². The number of rotatable bonds is 9. The average Bonchev–Trinajstić information content (AvgIpc) is 2.82. The molecular formula is C14H25BrN2. The highest BCUT2D eigenvalue weighted by Crippen LogP contribution is 2.17. The van der Waals surface area contributed by atoms with Crippen LogP contribution >= 0.6 is 17.0 Å². The van der Waals surface area contributed by atoms with E-state index in [9.17, 15) is 0 Å². The summed E-state index contributed by atoms with van der Waals surface area (Å²) < 4.78 is 2.14. The van der Waals surface area contributed by atoms with Crippen molar-refractivity contribution in [2.75, 3.05) is 0 Å². The molecule has 0 radical (unpaired) electrons. The summed E-state index contributed by atoms with van der Waals surface area (Å²) in [6.07, 6.45) is 17.0. The van der Waals surface area contributed by atoms with Gasteiger partial charge in [-0.25, -0.2) is 4.98 Å². The molecule has 1 unspecified atom stereocenters. The topological polar surface area (TPSA) is 17.8 Å². The van der Waals surface area contributed by atoms with E-state index in [-0.39, 0.29) is 17.0 Å². The number of halogens is 1. The standard InChI is InChI=1S/C14H24N2.BrH/c1-3-5-6-7-8-9-10-14(4-2)16-12-11-15-13-16;/h4,11-14H,2-3,5-10H2,1H3;1H. The Balaban J connectivity index is 0.00000256. The molecule has 17 heavy (non-hydrogen) atoms. The van der Waals surface area contributed by atoms with E-state index in [0.29, 0.717) is 6.04 Å². The van der Waals surface area contributed by atoms with Gasteiger partial charge in [-0.15, -0.1) is 23.6 Å². The largest absolute Gasteiger partial charge is 0.331 e. The Hall–Kier alpha value is -0.570. The molecule has 0 spiro atoms. The minimum atomic E-state index is 0. The molecule has 1 aromatic rings. The van der Waals surface area contributed by atoms with Crippen LogP contribution in [0.1, 0.15) is 57.9 Å². The summed E-state index contributed by atoms with van der Waals surface area (Å²) in [4.78, 5) is 4.07. The van der Waals surface area contributed by atoms with Gasteiger partial charge in [0.25, 0.3) is 0 Å². The summed E-state index contributed by atoms with van der Waals surface area (Å²) in [5.74, 6) is 0. The quantitative estimate of drug-likeness (QED) is 0.466. The zero-order chi connectivity index (χ0) is 11.6. The van der Waals surface area contributed by atoms with Crippen molar-refractivity contribution in [2.45, 2.75) is 57.9 Å². The molecular weight excluding hydrogens is 276 g/mol. The molecule has 0 bridgehead atoms. The van der Waals surface area contributed by atoms with Crippen LogP contribution in [0.25, 0.3) is 0 Å². The Morgan fingerprint density at radius 1 is 1.24 bits per heavy atom. The second-order valence-electron chi connectivity index (χ2n) is 4.37. The van der Waals surface area contributed by atoms with Crippen LogP contribution in [0.15, 0.2) is 31.4 Å². The Kier molecular flexibility index (Phi) is 10.2. The average molecular weight is 301 g/mol. The van der Waals surface area contributed by atoms with Gasteiger partial charge in [0.1, 0.15) is 0 Å². The molecule has 1 rings (SSSR count). The highest BCUT2D eigenvalue weighted by Gasteiger charge is 2.04. The zero-order valence-electron chi connectivity index (χ0n) is 10.8. The molecule has 0 amide bonds. The molecule has 2 nitrogen and oxygen atoms in total. The van der Waals surface area contributed by atoms with E-state index in [1.807, 2.05) is 24.8 Å². The molecule has 3 heteroatoms. The van der Waals surface area contributed by atoms with Crippen molar-refractivity contribution in [3.63, 3.8) is 0 Å². The lowest BCUT2D eigenvalue weighted by Crippen LogP contribution is -2.03. The summed E-state index contributed by atoms with van der Waals surface area (Å²) in [6.45, 7) is 6.15. The first-order valence-electron chi connectivity index (χ1n) is 6.48. The minimum absolute atomic E-state index is 0. The Morgan fingerprint density at radius 3 is 2.53 bits per heavy atom. The monoisotopic (exact) mass is 300 g/mol. The first-order chi connectivity index (χ1) is 7.88. The molecule has 0 N–H and O–H groups in total. The van der Waals surface area contributed by atoms with E-state index in [4.69, 9.17) is 0 Å². The lowest BCUT2D eigenvalue weighted by molar-refractivity contribution is 0.503. The van der Waals surface area contributed by atoms with Crippen LogP contribution < -0.4 is 0 Å². The molecule has 0 saturated heterocycles. The van der Waals surface area contributed by atoms with Crippen LogP contribution in [0.4, 0.5) is 0 Å². The number of imidazole rings is 1. The van der Waals surface area contributed by atoms with Crippen molar-refractivity contribution >= 4 is 17.0 Å². The molecule has 0 fully saturated rings. The van der Waals surface area contributed by atoms with Crippen LogP contribution in [-0.4, -0.2) is 9.55 Å². The van der Waals surface area contributed by atoms with Gasteiger partial charge in [-0.05, 0) is 6.42 Å². The highest BCUT2D eigenvalue weighted by molar-refractivity contribution is 8.93. The Morgan fingerprint density at radius 2 is 1.94 bits per heavy atom. The normalized spacial score (nSPS) is 11.8. The van der Waals surface area contributed by atoms with E-state index in [0.717, 1.165) is 0 Å². The van der Waals surface area contributed by atoms with E-state index < -0.39 is 0 Å². The van der Waals surface area contributed by atoms with Crippen LogP contribution in [0.3, 0.4) is 0 Å². The summed E-state index contributed by atoms with van der Waals surface area (Å²) in [5.41, 5.74) is 0. The smallest absolute Gasteiger partial charge is 0.0951 e. The zero-order valence-corrected chi connectivity index (χ0v) is 12.6. The van der Waals surface area contributed by atoms with E-state index in [2.05, 4.69) is 23.1 Å². The van der Waals surface area contributed by atoms with Crippen molar-refractivity contribution in [3.05, 3.63) is 31.4 Å². The van der Waals surface area contributed by atoms with Crippen LogP contribution in [0.5, 0.6) is 0 Å². The van der Waals surface area contributed by atoms with Crippen molar-refractivity contribution in [1.29, 1.82) is 0 Å². The fourth-order valence-corrected chi connectivity index (χ4v) is 1.99. The molecule has 0 aliphatic heterocycles. The molecule has 0 aromatic carbocycles. The number of hydrogen-bond acceptors (Lipinski definition) is 1. The fourth-order valence-electron chi connectivity index (χ4n) is 1.99. The SMILES string of the molecule is Br.C=CC(CCCCCCCC)n1ccnc1. The number of aromatic nitrogens is 2. The number of allylic oxidation sites excluding steroid dienone is 1. The van der Waals surface area contributed by atoms with Crippen LogP contribution in [0.2, 0.25) is 0 Å². The molecule has 1 heterocycles. The second kappa shape index (κ2) is 10.6. The predicted octanol–water partition coefficient (Wildman–Crippen LogP) is 4.94. The summed E-state index contributed by atoms with van der Waals surface area (Å²) in [6, 6.07) is 0.425. The van der Waals surface area contributed by atoms with Gasteiger partial charge in [0.15, 0.2) is 0 Å². The van der Waals surface area contributed by atoms with Crippen molar-refractivity contribution in [2.24, 2.45) is 0 Å². The number of nitrogens with zero attached hydrogens (tertiary/aromatic N) is 2. The van der Waals surface area contributed by atoms with Gasteiger partial charge in [0, 0.05) is 12.4 Å². The van der Waals surface area contributed by atoms with Crippen molar-refractivity contribution in [1.82, 2.24) is 9.55 Å². The Bertz CT molecular complexity index is 270. The minimum Gasteiger partial charge on any atom is -0.331 e. The molecule has 0 aliphatic rings. The van der Waals surface area contributed by atoms with E-state index in [1.54, 1.807) is 0 Å². The Labute approximate surface area is 116 Å². The summed E-state index contributed by atoms with van der Waals surface area (Å²) in [5, 5.41) is 0. The van der Waals surface area contributed by atoms with Gasteiger partial charge in [-0.2, -0.15) is 0 Å². The second-order valence-corrected chi connectivity index (χ2v) is 4.37. The maximum absolute atomic E-state index is 4.07. The fraction of sp³-hybridized carbons (Fsp3) is 0.643. The molecule has 1 atom stereocenters. The maximum Gasteiger partial charge on any atom is 0.0951 e. The lowest BCUT2D eigenvalue weighted by atomic mass is 10.1. The lowest BCUT2D eigenvalue weighted by Gasteiger charge is -2.13. The van der Waals surface area contributed by atoms with E-state index in [1.165, 1.54) is 44.9 Å². The summed E-state index contributed by atoms with van der Waals surface area (Å²) in [7, 11) is 0. The van der Waals surface area contributed by atoms with Crippen LogP contribution in [0, 0.1) is 0 Å². The highest BCUT2D eigenvalue weighted by atomic mass is 79.9. The maximum atomic E-state index is 4.07. The van der Waals surface area contributed by atoms with Crippen molar-refractivity contribution in [3.8, 4) is 0 Å². The third kappa shape index (κ3) is 6.67. The van der Waals surface area contributed by atoms with Crippen molar-refractivity contribution < 1.29 is 0 Å². The van der Waals surface area contributed by atoms with Crippen LogP contribution in [-0.2, 0) is 0 Å². The van der Waals surface area contributed by atoms with Gasteiger partial charge in [-0.1, -0.05) is 51.5 Å². The third-order valence-corrected chi connectivity index (χ3v) is 3.03. The molecule has 1 aromatic heterocycles. The van der Waals surface area contributed by atoms with Gasteiger partial charge in [0.2, 0.25) is 0 Å². The molecule has 0 aliphatic carbocycles. The van der Waals surface area contributed by atoms with Gasteiger partial charge in [0.05, 0.1) is 12.4 Å². The van der Waals surface area contributed by atoms with Gasteiger partial charge >= 0.3 is 0 Å². The van der Waals surface area contributed by atoms with E-state index >= 15 is 0 Å². The molecule has 98 valence electrons. The third-order valence-electron chi connectivity index (χ3n) is 3.03. The van der Waals surface area contributed by atoms with Gasteiger partial charge < -0.3 is 4.57 Å². The number of unbranched alkanes of at least 4 members (excludes halogenated alkanes) is 5. The summed E-state index contributed by atoms with van der Waals surface area (Å²) >= 11 is 0. The molecule has 0 saturated carbocycles. The first kappa shape index (κ1) is 16.4. The predicted molar refractivity (Wildman–Crippen MR) is 79.8 cm³/mol.